The molecule has 242 valence electrons. The van der Waals surface area contributed by atoms with Crippen molar-refractivity contribution in [1.29, 1.82) is 0 Å². The molecule has 5 nitrogen and oxygen atoms in total. The van der Waals surface area contributed by atoms with Gasteiger partial charge in [-0.2, -0.15) is 0 Å². The van der Waals surface area contributed by atoms with Gasteiger partial charge in [-0.1, -0.05) is 113 Å². The zero-order chi connectivity index (χ0) is 32.4. The Morgan fingerprint density at radius 1 is 0.826 bits per heavy atom. The topological polar surface area (TPSA) is 56.8 Å². The number of ether oxygens (including phenoxy) is 3. The Morgan fingerprint density at radius 3 is 2.22 bits per heavy atom. The summed E-state index contributed by atoms with van der Waals surface area (Å²) in [4.78, 5) is 14.0. The number of methoxy groups -OCH3 is 1. The number of hydrogen-bond donors (Lipinski definition) is 1. The Morgan fingerprint density at radius 2 is 1.54 bits per heavy atom. The molecule has 1 N–H and O–H groups in total. The standard InChI is InChI=1S/C41H49NO4/c1-41(2,3)35-20-17-33(18-21-35)37(40(43)42-38-24-19-34(28-39(38)44-4)32-13-9-6-10-14-32)27-30-15-22-36(23-16-30)46-26-25-45-29-31-11-7-5-8-12-31/h5,7-8,11-12,15-24,28,32,37H,6,9-10,13-14,25-27,29H2,1-4H3,(H,42,43). The molecule has 0 radical (unpaired) electrons. The van der Waals surface area contributed by atoms with Crippen LogP contribution >= 0.6 is 0 Å². The van der Waals surface area contributed by atoms with E-state index in [-0.39, 0.29) is 17.2 Å². The number of amides is 1. The Labute approximate surface area is 275 Å². The van der Waals surface area contributed by atoms with Crippen molar-refractivity contribution in [3.05, 3.63) is 125 Å². The molecule has 1 atom stereocenters. The van der Waals surface area contributed by atoms with E-state index in [9.17, 15) is 4.79 Å². The maximum atomic E-state index is 14.0. The number of nitrogens with one attached hydrogen (secondary N) is 1. The minimum atomic E-state index is -0.380. The minimum Gasteiger partial charge on any atom is -0.495 e. The number of rotatable bonds is 13. The predicted molar refractivity (Wildman–Crippen MR) is 187 cm³/mol. The quantitative estimate of drug-likeness (QED) is 0.151. The van der Waals surface area contributed by atoms with Gasteiger partial charge in [-0.15, -0.1) is 0 Å². The van der Waals surface area contributed by atoms with Crippen molar-refractivity contribution in [3.63, 3.8) is 0 Å². The Balaban J connectivity index is 1.26. The lowest BCUT2D eigenvalue weighted by molar-refractivity contribution is -0.117. The zero-order valence-corrected chi connectivity index (χ0v) is 27.9. The van der Waals surface area contributed by atoms with Crippen molar-refractivity contribution in [2.45, 2.75) is 83.2 Å². The lowest BCUT2D eigenvalue weighted by atomic mass is 9.84. The number of anilines is 1. The molecule has 1 fully saturated rings. The first kappa shape index (κ1) is 33.3. The largest absolute Gasteiger partial charge is 0.495 e. The monoisotopic (exact) mass is 619 g/mol. The third-order valence-electron chi connectivity index (χ3n) is 9.03. The first-order valence-electron chi connectivity index (χ1n) is 16.7. The lowest BCUT2D eigenvalue weighted by Gasteiger charge is -2.24. The second kappa shape index (κ2) is 16.0. The normalized spacial score (nSPS) is 14.4. The highest BCUT2D eigenvalue weighted by molar-refractivity contribution is 5.97. The van der Waals surface area contributed by atoms with Crippen molar-refractivity contribution < 1.29 is 19.0 Å². The van der Waals surface area contributed by atoms with Gasteiger partial charge < -0.3 is 19.5 Å². The summed E-state index contributed by atoms with van der Waals surface area (Å²) >= 11 is 0. The number of carbonyl (C=O) groups is 1. The van der Waals surface area contributed by atoms with E-state index >= 15 is 0 Å². The first-order chi connectivity index (χ1) is 22.3. The van der Waals surface area contributed by atoms with Crippen LogP contribution in [0, 0.1) is 0 Å². The van der Waals surface area contributed by atoms with Gasteiger partial charge in [0.05, 0.1) is 31.9 Å². The average Bonchev–Trinajstić information content (AvgIpc) is 3.08. The third kappa shape index (κ3) is 9.23. The van der Waals surface area contributed by atoms with Crippen LogP contribution in [0.2, 0.25) is 0 Å². The van der Waals surface area contributed by atoms with E-state index in [4.69, 9.17) is 14.2 Å². The second-order valence-electron chi connectivity index (χ2n) is 13.4. The van der Waals surface area contributed by atoms with Gasteiger partial charge in [0.2, 0.25) is 5.91 Å². The van der Waals surface area contributed by atoms with E-state index in [1.807, 2.05) is 48.5 Å². The number of benzene rings is 4. The van der Waals surface area contributed by atoms with Crippen molar-refractivity contribution in [2.24, 2.45) is 0 Å². The zero-order valence-electron chi connectivity index (χ0n) is 27.9. The van der Waals surface area contributed by atoms with E-state index in [0.29, 0.717) is 43.6 Å². The van der Waals surface area contributed by atoms with Crippen molar-refractivity contribution in [2.75, 3.05) is 25.6 Å². The van der Waals surface area contributed by atoms with Crippen molar-refractivity contribution in [1.82, 2.24) is 0 Å². The van der Waals surface area contributed by atoms with Gasteiger partial charge in [-0.05, 0) is 82.7 Å². The van der Waals surface area contributed by atoms with Gasteiger partial charge in [-0.25, -0.2) is 0 Å². The molecule has 1 aliphatic rings. The molecular formula is C41H49NO4. The highest BCUT2D eigenvalue weighted by Crippen LogP contribution is 2.37. The molecule has 46 heavy (non-hydrogen) atoms. The maximum Gasteiger partial charge on any atom is 0.232 e. The lowest BCUT2D eigenvalue weighted by Crippen LogP contribution is -2.23. The molecule has 4 aromatic rings. The molecule has 0 aliphatic heterocycles. The highest BCUT2D eigenvalue weighted by Gasteiger charge is 2.24. The summed E-state index contributed by atoms with van der Waals surface area (Å²) in [6.07, 6.45) is 6.86. The molecule has 5 heteroatoms. The van der Waals surface area contributed by atoms with Crippen molar-refractivity contribution in [3.8, 4) is 11.5 Å². The Hall–Kier alpha value is -4.09. The molecule has 1 saturated carbocycles. The van der Waals surface area contributed by atoms with Gasteiger partial charge in [0.25, 0.3) is 0 Å². The maximum absolute atomic E-state index is 14.0. The van der Waals surface area contributed by atoms with E-state index in [2.05, 4.69) is 74.6 Å². The van der Waals surface area contributed by atoms with Crippen LogP contribution in [0.4, 0.5) is 5.69 Å². The van der Waals surface area contributed by atoms with Crippen LogP contribution < -0.4 is 14.8 Å². The molecule has 1 unspecified atom stereocenters. The number of carbonyl (C=O) groups excluding carboxylic acids is 1. The molecule has 0 spiro atoms. The molecule has 0 saturated heterocycles. The van der Waals surface area contributed by atoms with Crippen LogP contribution in [0.15, 0.2) is 97.1 Å². The summed E-state index contributed by atoms with van der Waals surface area (Å²) in [5, 5.41) is 3.22. The molecule has 0 aromatic heterocycles. The molecule has 5 rings (SSSR count). The van der Waals surface area contributed by atoms with E-state index in [0.717, 1.165) is 22.4 Å². The second-order valence-corrected chi connectivity index (χ2v) is 13.4. The van der Waals surface area contributed by atoms with Crippen molar-refractivity contribution >= 4 is 11.6 Å². The minimum absolute atomic E-state index is 0.0339. The van der Waals surface area contributed by atoms with E-state index in [1.54, 1.807) is 7.11 Å². The van der Waals surface area contributed by atoms with Crippen LogP contribution in [0.25, 0.3) is 0 Å². The molecule has 1 aliphatic carbocycles. The summed E-state index contributed by atoms with van der Waals surface area (Å²) < 4.78 is 17.4. The summed E-state index contributed by atoms with van der Waals surface area (Å²) in [7, 11) is 1.68. The molecule has 4 aromatic carbocycles. The smallest absolute Gasteiger partial charge is 0.232 e. The summed E-state index contributed by atoms with van der Waals surface area (Å²) in [5.41, 5.74) is 6.48. The average molecular weight is 620 g/mol. The fourth-order valence-electron chi connectivity index (χ4n) is 6.24. The Kier molecular flexibility index (Phi) is 11.5. The van der Waals surface area contributed by atoms with Crippen LogP contribution in [0.3, 0.4) is 0 Å². The van der Waals surface area contributed by atoms with Crippen LogP contribution in [0.5, 0.6) is 11.5 Å². The van der Waals surface area contributed by atoms with Gasteiger partial charge >= 0.3 is 0 Å². The summed E-state index contributed by atoms with van der Waals surface area (Å²) in [6, 6.07) is 32.9. The van der Waals surface area contributed by atoms with Gasteiger partial charge in [-0.3, -0.25) is 4.79 Å². The predicted octanol–water partition coefficient (Wildman–Crippen LogP) is 9.60. The third-order valence-corrected chi connectivity index (χ3v) is 9.03. The molecule has 1 amide bonds. The summed E-state index contributed by atoms with van der Waals surface area (Å²) in [6.45, 7) is 8.16. The van der Waals surface area contributed by atoms with E-state index < -0.39 is 0 Å². The van der Waals surface area contributed by atoms with Gasteiger partial charge in [0.1, 0.15) is 18.1 Å². The molecule has 0 bridgehead atoms. The molecule has 0 heterocycles. The van der Waals surface area contributed by atoms with Gasteiger partial charge in [0, 0.05) is 0 Å². The first-order valence-corrected chi connectivity index (χ1v) is 16.7. The highest BCUT2D eigenvalue weighted by atomic mass is 16.5. The number of hydrogen-bond acceptors (Lipinski definition) is 4. The van der Waals surface area contributed by atoms with Crippen LogP contribution in [0.1, 0.15) is 92.5 Å². The van der Waals surface area contributed by atoms with E-state index in [1.165, 1.54) is 43.2 Å². The fourth-order valence-corrected chi connectivity index (χ4v) is 6.24. The van der Waals surface area contributed by atoms with Crippen LogP contribution in [-0.4, -0.2) is 26.2 Å². The van der Waals surface area contributed by atoms with Crippen LogP contribution in [-0.2, 0) is 28.0 Å². The SMILES string of the molecule is COc1cc(C2CCCCC2)ccc1NC(=O)C(Cc1ccc(OCCOCc2ccccc2)cc1)c1ccc(C(C)(C)C)cc1. The van der Waals surface area contributed by atoms with Gasteiger partial charge in [0.15, 0.2) is 0 Å². The summed E-state index contributed by atoms with van der Waals surface area (Å²) in [5.74, 6) is 1.63. The Bertz CT molecular complexity index is 1520. The fraction of sp³-hybridized carbons (Fsp3) is 0.390. The molecular weight excluding hydrogens is 570 g/mol.